The molecule has 0 radical (unpaired) electrons. The van der Waals surface area contributed by atoms with Crippen LogP contribution >= 0.6 is 0 Å². The van der Waals surface area contributed by atoms with E-state index in [4.69, 9.17) is 9.47 Å². The minimum atomic E-state index is -1.96. The van der Waals surface area contributed by atoms with Crippen LogP contribution < -0.4 is 5.32 Å². The van der Waals surface area contributed by atoms with Gasteiger partial charge in [-0.1, -0.05) is 102 Å². The number of carbonyl (C=O) groups is 2. The summed E-state index contributed by atoms with van der Waals surface area (Å²) in [6.07, 6.45) is -0.494. The number of esters is 1. The number of hydrogen-bond donors (Lipinski definition) is 1. The molecule has 6 heteroatoms. The summed E-state index contributed by atoms with van der Waals surface area (Å²) in [5.41, 5.74) is 6.78. The number of ether oxygens (including phenoxy) is 2. The van der Waals surface area contributed by atoms with E-state index < -0.39 is 26.2 Å². The van der Waals surface area contributed by atoms with Gasteiger partial charge in [0, 0.05) is 6.42 Å². The van der Waals surface area contributed by atoms with Crippen LogP contribution in [0.25, 0.3) is 0 Å². The minimum absolute atomic E-state index is 0.119. The first kappa shape index (κ1) is 28.2. The lowest BCUT2D eigenvalue weighted by atomic mass is 10.2. The van der Waals surface area contributed by atoms with E-state index in [1.165, 1.54) is 0 Å². The van der Waals surface area contributed by atoms with Crippen LogP contribution in [0.3, 0.4) is 0 Å². The molecule has 2 aromatic carbocycles. The van der Waals surface area contributed by atoms with Gasteiger partial charge in [0.15, 0.2) is 0 Å². The van der Waals surface area contributed by atoms with Crippen molar-refractivity contribution in [2.24, 2.45) is 0 Å². The number of amides is 1. The van der Waals surface area contributed by atoms with Crippen molar-refractivity contribution in [2.75, 3.05) is 0 Å². The molecule has 1 amide bonds. The Morgan fingerprint density at radius 2 is 1.23 bits per heavy atom. The fraction of sp³-hybridized carbons (Fsp3) is 0.448. The third-order valence-corrected chi connectivity index (χ3v) is 12.8. The highest BCUT2D eigenvalue weighted by atomic mass is 28.3. The van der Waals surface area contributed by atoms with Crippen molar-refractivity contribution in [3.05, 3.63) is 71.8 Å². The predicted molar refractivity (Wildman–Crippen MR) is 143 cm³/mol. The lowest BCUT2D eigenvalue weighted by Crippen LogP contribution is -2.44. The fourth-order valence-electron chi connectivity index (χ4n) is 4.67. The monoisotopic (exact) mass is 493 g/mol. The first-order valence-corrected chi connectivity index (χ1v) is 14.6. The maximum Gasteiger partial charge on any atom is 0.408 e. The number of benzene rings is 2. The summed E-state index contributed by atoms with van der Waals surface area (Å²) in [4.78, 5) is 25.4. The molecule has 0 heterocycles. The molecule has 188 valence electrons. The zero-order chi connectivity index (χ0) is 25.8. The lowest BCUT2D eigenvalue weighted by molar-refractivity contribution is -0.147. The van der Waals surface area contributed by atoms with Crippen molar-refractivity contribution in [2.45, 2.75) is 83.8 Å². The van der Waals surface area contributed by atoms with E-state index in [1.54, 1.807) is 0 Å². The average molecular weight is 494 g/mol. The zero-order valence-corrected chi connectivity index (χ0v) is 22.8. The summed E-state index contributed by atoms with van der Waals surface area (Å²) in [5, 5.41) is 2.67. The van der Waals surface area contributed by atoms with Gasteiger partial charge in [0.25, 0.3) is 0 Å². The number of rotatable bonds is 10. The van der Waals surface area contributed by atoms with Gasteiger partial charge in [-0.3, -0.25) is 0 Å². The van der Waals surface area contributed by atoms with Gasteiger partial charge < -0.3 is 14.8 Å². The molecule has 0 spiro atoms. The van der Waals surface area contributed by atoms with Crippen molar-refractivity contribution in [1.82, 2.24) is 5.32 Å². The molecule has 0 aliphatic carbocycles. The van der Waals surface area contributed by atoms with Crippen LogP contribution in [-0.4, -0.2) is 26.2 Å². The van der Waals surface area contributed by atoms with Crippen molar-refractivity contribution >= 4 is 20.1 Å². The molecule has 2 aromatic rings. The third-order valence-electron chi connectivity index (χ3n) is 6.49. The Bertz CT molecular complexity index is 972. The van der Waals surface area contributed by atoms with Crippen LogP contribution in [0, 0.1) is 11.5 Å². The molecule has 1 N–H and O–H groups in total. The maximum absolute atomic E-state index is 12.9. The van der Waals surface area contributed by atoms with Gasteiger partial charge in [-0.2, -0.15) is 0 Å². The topological polar surface area (TPSA) is 64.6 Å². The molecule has 1 atom stereocenters. The molecule has 2 rings (SSSR count). The summed E-state index contributed by atoms with van der Waals surface area (Å²) in [7, 11) is -1.96. The van der Waals surface area contributed by atoms with Gasteiger partial charge in [0.05, 0.1) is 0 Å². The lowest BCUT2D eigenvalue weighted by Gasteiger charge is -2.38. The molecule has 0 fully saturated rings. The van der Waals surface area contributed by atoms with Crippen molar-refractivity contribution in [1.29, 1.82) is 0 Å². The van der Waals surface area contributed by atoms with E-state index in [0.29, 0.717) is 16.6 Å². The second-order valence-electron chi connectivity index (χ2n) is 9.75. The largest absolute Gasteiger partial charge is 0.459 e. The zero-order valence-electron chi connectivity index (χ0n) is 21.8. The van der Waals surface area contributed by atoms with E-state index in [2.05, 4.69) is 58.3 Å². The molecule has 0 saturated heterocycles. The molecule has 0 unspecified atom stereocenters. The standard InChI is InChI=1S/C29H39NO4Si/c1-22(2)35(23(3)4,24(5)6)19-13-18-27(28(31)33-20-25-14-9-7-10-15-25)30-29(32)34-21-26-16-11-8-12-17-26/h7-12,14-17,22-24,27H,18,20-21H2,1-6H3,(H,30,32)/t27-/m0/s1. The normalized spacial score (nSPS) is 12.1. The van der Waals surface area contributed by atoms with Crippen LogP contribution in [0.4, 0.5) is 4.79 Å². The molecular formula is C29H39NO4Si. The molecular weight excluding hydrogens is 454 g/mol. The SMILES string of the molecule is CC(C)[Si](C#CC[C@H](NC(=O)OCc1ccccc1)C(=O)OCc1ccccc1)(C(C)C)C(C)C. The van der Waals surface area contributed by atoms with Crippen LogP contribution in [0.2, 0.25) is 16.6 Å². The molecule has 0 bridgehead atoms. The number of carbonyl (C=O) groups excluding carboxylic acids is 2. The number of nitrogens with one attached hydrogen (secondary N) is 1. The number of alkyl carbamates (subject to hydrolysis) is 1. The smallest absolute Gasteiger partial charge is 0.408 e. The quantitative estimate of drug-likeness (QED) is 0.229. The summed E-state index contributed by atoms with van der Waals surface area (Å²) < 4.78 is 10.8. The van der Waals surface area contributed by atoms with Crippen molar-refractivity contribution in [3.63, 3.8) is 0 Å². The predicted octanol–water partition coefficient (Wildman–Crippen LogP) is 6.64. The van der Waals surface area contributed by atoms with E-state index in [0.717, 1.165) is 11.1 Å². The Morgan fingerprint density at radius 1 is 0.771 bits per heavy atom. The Labute approximate surface area is 211 Å². The van der Waals surface area contributed by atoms with Crippen molar-refractivity contribution < 1.29 is 19.1 Å². The Balaban J connectivity index is 2.15. The highest BCUT2D eigenvalue weighted by molar-refractivity contribution is 6.90. The van der Waals surface area contributed by atoms with Crippen LogP contribution in [0.15, 0.2) is 60.7 Å². The highest BCUT2D eigenvalue weighted by Gasteiger charge is 2.41. The fourth-order valence-corrected chi connectivity index (χ4v) is 9.94. The second-order valence-corrected chi connectivity index (χ2v) is 15.3. The molecule has 5 nitrogen and oxygen atoms in total. The van der Waals surface area contributed by atoms with E-state index >= 15 is 0 Å². The first-order valence-electron chi connectivity index (χ1n) is 12.3. The average Bonchev–Trinajstić information content (AvgIpc) is 2.83. The molecule has 0 aliphatic heterocycles. The van der Waals surface area contributed by atoms with Gasteiger partial charge in [-0.25, -0.2) is 9.59 Å². The summed E-state index contributed by atoms with van der Waals surface area (Å²) in [6, 6.07) is 17.9. The maximum atomic E-state index is 12.9. The molecule has 0 aromatic heterocycles. The Kier molecular flexibility index (Phi) is 11.1. The molecule has 0 saturated carbocycles. The third kappa shape index (κ3) is 8.29. The van der Waals surface area contributed by atoms with Gasteiger partial charge in [0.2, 0.25) is 0 Å². The summed E-state index contributed by atoms with van der Waals surface area (Å²) >= 11 is 0. The van der Waals surface area contributed by atoms with Crippen LogP contribution in [0.1, 0.15) is 59.1 Å². The second kappa shape index (κ2) is 13.7. The molecule has 35 heavy (non-hydrogen) atoms. The van der Waals surface area contributed by atoms with Crippen LogP contribution in [0.5, 0.6) is 0 Å². The minimum Gasteiger partial charge on any atom is -0.459 e. The van der Waals surface area contributed by atoms with E-state index in [1.807, 2.05) is 60.7 Å². The Morgan fingerprint density at radius 3 is 1.69 bits per heavy atom. The molecule has 0 aliphatic rings. The first-order chi connectivity index (χ1) is 16.7. The number of hydrogen-bond acceptors (Lipinski definition) is 4. The van der Waals surface area contributed by atoms with Gasteiger partial charge in [-0.15, -0.1) is 11.5 Å². The van der Waals surface area contributed by atoms with Gasteiger partial charge in [0.1, 0.15) is 27.3 Å². The summed E-state index contributed by atoms with van der Waals surface area (Å²) in [5.74, 6) is 2.75. The Hall–Kier alpha value is -3.04. The van der Waals surface area contributed by atoms with E-state index in [-0.39, 0.29) is 19.6 Å². The summed E-state index contributed by atoms with van der Waals surface area (Å²) in [6.45, 7) is 13.7. The van der Waals surface area contributed by atoms with Gasteiger partial charge >= 0.3 is 12.1 Å². The van der Waals surface area contributed by atoms with E-state index in [9.17, 15) is 9.59 Å². The van der Waals surface area contributed by atoms with Gasteiger partial charge in [-0.05, 0) is 27.8 Å². The van der Waals surface area contributed by atoms with Crippen LogP contribution in [-0.2, 0) is 27.5 Å². The highest BCUT2D eigenvalue weighted by Crippen LogP contribution is 2.40. The van der Waals surface area contributed by atoms with Crippen molar-refractivity contribution in [3.8, 4) is 11.5 Å².